The number of benzene rings is 2. The zero-order chi connectivity index (χ0) is 20.6. The Bertz CT molecular complexity index is 929. The third-order valence-corrected chi connectivity index (χ3v) is 5.19. The second-order valence-corrected chi connectivity index (χ2v) is 7.42. The average Bonchev–Trinajstić information content (AvgIpc) is 3.05. The number of imidazole rings is 1. The molecule has 3 rings (SSSR count). The molecule has 0 fully saturated rings. The van der Waals surface area contributed by atoms with Crippen molar-refractivity contribution in [3.63, 3.8) is 0 Å². The van der Waals surface area contributed by atoms with E-state index in [1.165, 1.54) is 11.1 Å². The third-order valence-electron chi connectivity index (χ3n) is 5.19. The Morgan fingerprint density at radius 1 is 1.07 bits per heavy atom. The molecule has 3 aromatic rings. The number of aliphatic imine (C=N–C) groups is 1. The zero-order valence-electron chi connectivity index (χ0n) is 17.9. The van der Waals surface area contributed by atoms with Crippen LogP contribution in [0.15, 0.2) is 59.6 Å². The summed E-state index contributed by atoms with van der Waals surface area (Å²) in [5.41, 5.74) is 3.55. The average molecular weight is 393 g/mol. The Kier molecular flexibility index (Phi) is 7.25. The van der Waals surface area contributed by atoms with Gasteiger partial charge in [0.2, 0.25) is 0 Å². The molecule has 0 aliphatic carbocycles. The number of para-hydroxylation sites is 2. The molecule has 1 heterocycles. The van der Waals surface area contributed by atoms with Crippen molar-refractivity contribution in [1.82, 2.24) is 25.1 Å². The number of aryl methyl sites for hydroxylation is 2. The summed E-state index contributed by atoms with van der Waals surface area (Å²) < 4.78 is 2.28. The summed E-state index contributed by atoms with van der Waals surface area (Å²) in [4.78, 5) is 11.2. The Labute approximate surface area is 173 Å². The molecule has 6 heteroatoms. The molecule has 0 saturated carbocycles. The van der Waals surface area contributed by atoms with Gasteiger partial charge in [0.05, 0.1) is 17.1 Å². The lowest BCUT2D eigenvalue weighted by Gasteiger charge is -2.26. The van der Waals surface area contributed by atoms with Crippen molar-refractivity contribution in [1.29, 1.82) is 0 Å². The van der Waals surface area contributed by atoms with Crippen molar-refractivity contribution in [3.05, 3.63) is 66.0 Å². The van der Waals surface area contributed by atoms with Crippen LogP contribution in [-0.4, -0.2) is 54.6 Å². The molecule has 154 valence electrons. The van der Waals surface area contributed by atoms with E-state index >= 15 is 0 Å². The van der Waals surface area contributed by atoms with Crippen molar-refractivity contribution < 1.29 is 0 Å². The molecule has 0 saturated heterocycles. The van der Waals surface area contributed by atoms with Gasteiger partial charge in [-0.25, -0.2) is 4.98 Å². The number of hydrogen-bond acceptors (Lipinski definition) is 3. The molecule has 0 bridgehead atoms. The van der Waals surface area contributed by atoms with Crippen LogP contribution in [0.4, 0.5) is 0 Å². The number of rotatable bonds is 8. The second kappa shape index (κ2) is 10.1. The molecule has 6 nitrogen and oxygen atoms in total. The van der Waals surface area contributed by atoms with Crippen molar-refractivity contribution in [2.45, 2.75) is 25.9 Å². The van der Waals surface area contributed by atoms with Gasteiger partial charge in [-0.2, -0.15) is 0 Å². The largest absolute Gasteiger partial charge is 0.356 e. The van der Waals surface area contributed by atoms with Crippen LogP contribution in [0.25, 0.3) is 11.0 Å². The Hall–Kier alpha value is -2.86. The first-order valence-electron chi connectivity index (χ1n) is 10.2. The highest BCUT2D eigenvalue weighted by atomic mass is 15.2. The maximum atomic E-state index is 4.64. The molecule has 1 unspecified atom stereocenters. The predicted molar refractivity (Wildman–Crippen MR) is 121 cm³/mol. The summed E-state index contributed by atoms with van der Waals surface area (Å²) in [7, 11) is 6.02. The van der Waals surface area contributed by atoms with Crippen LogP contribution >= 0.6 is 0 Å². The fraction of sp³-hybridized carbons (Fsp3) is 0.391. The Morgan fingerprint density at radius 3 is 2.52 bits per heavy atom. The van der Waals surface area contributed by atoms with Crippen molar-refractivity contribution >= 4 is 17.0 Å². The minimum atomic E-state index is 0.287. The molecular weight excluding hydrogens is 360 g/mol. The lowest BCUT2D eigenvalue weighted by molar-refractivity contribution is 0.298. The van der Waals surface area contributed by atoms with E-state index in [-0.39, 0.29) is 6.04 Å². The molecule has 29 heavy (non-hydrogen) atoms. The van der Waals surface area contributed by atoms with Gasteiger partial charge in [-0.1, -0.05) is 42.5 Å². The number of hydrogen-bond donors (Lipinski definition) is 2. The van der Waals surface area contributed by atoms with Gasteiger partial charge >= 0.3 is 0 Å². The van der Waals surface area contributed by atoms with Gasteiger partial charge in [-0.3, -0.25) is 4.99 Å². The van der Waals surface area contributed by atoms with Crippen LogP contribution < -0.4 is 10.6 Å². The minimum Gasteiger partial charge on any atom is -0.356 e. The first-order chi connectivity index (χ1) is 14.1. The topological polar surface area (TPSA) is 57.5 Å². The summed E-state index contributed by atoms with van der Waals surface area (Å²) in [5.74, 6) is 1.89. The first-order valence-corrected chi connectivity index (χ1v) is 10.2. The van der Waals surface area contributed by atoms with E-state index in [4.69, 9.17) is 0 Å². The van der Waals surface area contributed by atoms with Crippen LogP contribution in [0.3, 0.4) is 0 Å². The van der Waals surface area contributed by atoms with E-state index in [2.05, 4.69) is 99.6 Å². The van der Waals surface area contributed by atoms with E-state index in [0.717, 1.165) is 43.4 Å². The zero-order valence-corrected chi connectivity index (χ0v) is 17.9. The highest BCUT2D eigenvalue weighted by Crippen LogP contribution is 2.17. The maximum absolute atomic E-state index is 4.64. The maximum Gasteiger partial charge on any atom is 0.191 e. The highest BCUT2D eigenvalue weighted by molar-refractivity contribution is 5.79. The van der Waals surface area contributed by atoms with Gasteiger partial charge in [-0.15, -0.1) is 0 Å². The fourth-order valence-corrected chi connectivity index (χ4v) is 3.61. The molecular formula is C23H32N6. The van der Waals surface area contributed by atoms with Gasteiger partial charge < -0.3 is 20.1 Å². The summed E-state index contributed by atoms with van der Waals surface area (Å²) >= 11 is 0. The van der Waals surface area contributed by atoms with Crippen LogP contribution in [0.1, 0.15) is 23.9 Å². The molecule has 1 atom stereocenters. The summed E-state index contributed by atoms with van der Waals surface area (Å²) in [5, 5.41) is 6.89. The van der Waals surface area contributed by atoms with Crippen LogP contribution in [0.5, 0.6) is 0 Å². The van der Waals surface area contributed by atoms with Gasteiger partial charge in [0.15, 0.2) is 5.96 Å². The number of aromatic nitrogens is 2. The van der Waals surface area contributed by atoms with Crippen molar-refractivity contribution in [3.8, 4) is 0 Å². The van der Waals surface area contributed by atoms with Crippen LogP contribution in [0, 0.1) is 6.92 Å². The fourth-order valence-electron chi connectivity index (χ4n) is 3.61. The molecule has 2 N–H and O–H groups in total. The van der Waals surface area contributed by atoms with Gasteiger partial charge in [0.1, 0.15) is 5.82 Å². The molecule has 0 aliphatic rings. The normalized spacial score (nSPS) is 13.1. The number of nitrogens with zero attached hydrogens (tertiary/aromatic N) is 4. The SMILES string of the molecule is CN=C(NCCCn1c(C)nc2ccccc21)NCC(c1ccccc1)N(C)C. The van der Waals surface area contributed by atoms with Gasteiger partial charge in [-0.05, 0) is 45.1 Å². The van der Waals surface area contributed by atoms with E-state index in [1.54, 1.807) is 0 Å². The third kappa shape index (κ3) is 5.35. The predicted octanol–water partition coefficient (Wildman–Crippen LogP) is 3.20. The van der Waals surface area contributed by atoms with E-state index in [1.807, 2.05) is 13.1 Å². The van der Waals surface area contributed by atoms with E-state index < -0.39 is 0 Å². The molecule has 0 radical (unpaired) electrons. The molecule has 2 aromatic carbocycles. The van der Waals surface area contributed by atoms with Gasteiger partial charge in [0, 0.05) is 26.7 Å². The molecule has 1 aromatic heterocycles. The van der Waals surface area contributed by atoms with Crippen molar-refractivity contribution in [2.24, 2.45) is 4.99 Å². The smallest absolute Gasteiger partial charge is 0.191 e. The standard InChI is InChI=1S/C23H32N6/c1-18-27-20-13-8-9-14-21(20)29(18)16-10-15-25-23(24-2)26-17-22(28(3)4)19-11-6-5-7-12-19/h5-9,11-14,22H,10,15-17H2,1-4H3,(H2,24,25,26). The van der Waals surface area contributed by atoms with Gasteiger partial charge in [0.25, 0.3) is 0 Å². The number of likely N-dealkylation sites (N-methyl/N-ethyl adjacent to an activating group) is 1. The first kappa shape index (κ1) is 20.9. The van der Waals surface area contributed by atoms with Crippen LogP contribution in [-0.2, 0) is 6.54 Å². The Morgan fingerprint density at radius 2 is 1.79 bits per heavy atom. The van der Waals surface area contributed by atoms with E-state index in [9.17, 15) is 0 Å². The second-order valence-electron chi connectivity index (χ2n) is 7.42. The van der Waals surface area contributed by atoms with Crippen LogP contribution in [0.2, 0.25) is 0 Å². The number of guanidine groups is 1. The summed E-state index contributed by atoms with van der Waals surface area (Å²) in [6.07, 6.45) is 0.998. The summed E-state index contributed by atoms with van der Waals surface area (Å²) in [6, 6.07) is 19.1. The monoisotopic (exact) mass is 392 g/mol. The molecule has 0 spiro atoms. The van der Waals surface area contributed by atoms with E-state index in [0.29, 0.717) is 0 Å². The molecule has 0 amide bonds. The summed E-state index contributed by atoms with van der Waals surface area (Å²) in [6.45, 7) is 4.64. The quantitative estimate of drug-likeness (QED) is 0.351. The highest BCUT2D eigenvalue weighted by Gasteiger charge is 2.14. The number of fused-ring (bicyclic) bond motifs is 1. The minimum absolute atomic E-state index is 0.287. The Balaban J connectivity index is 1.50. The number of nitrogens with one attached hydrogen (secondary N) is 2. The lowest BCUT2D eigenvalue weighted by atomic mass is 10.1. The molecule has 0 aliphatic heterocycles. The van der Waals surface area contributed by atoms with Crippen molar-refractivity contribution in [2.75, 3.05) is 34.2 Å². The lowest BCUT2D eigenvalue weighted by Crippen LogP contribution is -2.42.